The third kappa shape index (κ3) is 3.87. The Labute approximate surface area is 211 Å². The van der Waals surface area contributed by atoms with Crippen LogP contribution in [-0.4, -0.2) is 77.5 Å². The number of amides is 2. The van der Waals surface area contributed by atoms with Crippen molar-refractivity contribution in [1.29, 1.82) is 0 Å². The summed E-state index contributed by atoms with van der Waals surface area (Å²) in [5, 5.41) is 6.09. The van der Waals surface area contributed by atoms with E-state index >= 15 is 0 Å². The maximum Gasteiger partial charge on any atom is 0.244 e. The second-order valence-electron chi connectivity index (χ2n) is 10.8. The molecule has 2 atom stereocenters. The Kier molecular flexibility index (Phi) is 5.78. The largest absolute Gasteiger partial charge is 0.369 e. The minimum atomic E-state index is -1.02. The van der Waals surface area contributed by atoms with Gasteiger partial charge in [0, 0.05) is 49.9 Å². The lowest BCUT2D eigenvalue weighted by Gasteiger charge is -2.40. The van der Waals surface area contributed by atoms with E-state index < -0.39 is 5.41 Å². The zero-order valence-corrected chi connectivity index (χ0v) is 21.0. The van der Waals surface area contributed by atoms with Crippen molar-refractivity contribution in [3.05, 3.63) is 30.1 Å². The first-order chi connectivity index (χ1) is 17.4. The Morgan fingerprint density at radius 3 is 2.61 bits per heavy atom. The molecule has 0 bridgehead atoms. The molecule has 10 heteroatoms. The quantitative estimate of drug-likeness (QED) is 0.614. The average molecular weight is 491 g/mol. The molecule has 3 fully saturated rings. The van der Waals surface area contributed by atoms with Gasteiger partial charge in [-0.3, -0.25) is 14.5 Å². The number of likely N-dealkylation sites (N-methyl/N-ethyl adjacent to an activating group) is 1. The summed E-state index contributed by atoms with van der Waals surface area (Å²) in [6, 6.07) is 4.65. The van der Waals surface area contributed by atoms with Gasteiger partial charge in [0.05, 0.1) is 11.9 Å². The van der Waals surface area contributed by atoms with E-state index in [-0.39, 0.29) is 17.9 Å². The van der Waals surface area contributed by atoms with Crippen LogP contribution in [-0.2, 0) is 16.0 Å². The van der Waals surface area contributed by atoms with Crippen LogP contribution < -0.4 is 20.4 Å². The molecule has 6 rings (SSSR count). The summed E-state index contributed by atoms with van der Waals surface area (Å²) in [4.78, 5) is 46.9. The predicted octanol–water partition coefficient (Wildman–Crippen LogP) is 2.09. The fourth-order valence-corrected chi connectivity index (χ4v) is 6.22. The van der Waals surface area contributed by atoms with Crippen molar-refractivity contribution >= 4 is 35.1 Å². The lowest BCUT2D eigenvalue weighted by molar-refractivity contribution is -0.140. The number of nitrogens with zero attached hydrogens (tertiary/aromatic N) is 6. The van der Waals surface area contributed by atoms with Crippen molar-refractivity contribution < 1.29 is 9.59 Å². The van der Waals surface area contributed by atoms with E-state index in [1.807, 2.05) is 17.2 Å². The third-order valence-corrected chi connectivity index (χ3v) is 8.40. The van der Waals surface area contributed by atoms with E-state index in [9.17, 15) is 9.59 Å². The molecule has 4 aliphatic rings. The zero-order valence-electron chi connectivity index (χ0n) is 21.0. The summed E-state index contributed by atoms with van der Waals surface area (Å²) in [5.41, 5.74) is 0.943. The number of carbonyl (C=O) groups excluding carboxylic acids is 2. The van der Waals surface area contributed by atoms with Crippen molar-refractivity contribution in [2.45, 2.75) is 57.0 Å². The number of hydrogen-bond acceptors (Lipinski definition) is 8. The van der Waals surface area contributed by atoms with Crippen molar-refractivity contribution in [3.8, 4) is 0 Å². The maximum atomic E-state index is 13.8. The van der Waals surface area contributed by atoms with Gasteiger partial charge in [-0.2, -0.15) is 4.98 Å². The molecule has 5 heterocycles. The molecule has 3 aliphatic heterocycles. The normalized spacial score (nSPS) is 26.2. The van der Waals surface area contributed by atoms with Gasteiger partial charge >= 0.3 is 0 Å². The standard InChI is InChI=1S/C26H34N8O2/c1-32(2)20-9-12-33(16-20)19-7-8-21(28-15-19)30-25-29-14-17-13-26(10-11-27-23(26)35)24(36)34(22(17)31-25)18-5-3-4-6-18/h7-8,14-15,18,20H,3-6,9-13,16H2,1-2H3,(H,27,35)(H,28,29,30,31)/t20-,26+/m0/s1. The number of pyridine rings is 1. The van der Waals surface area contributed by atoms with Gasteiger partial charge in [0.2, 0.25) is 17.8 Å². The Morgan fingerprint density at radius 2 is 1.94 bits per heavy atom. The minimum Gasteiger partial charge on any atom is -0.369 e. The van der Waals surface area contributed by atoms with Gasteiger partial charge in [-0.15, -0.1) is 0 Å². The lowest BCUT2D eigenvalue weighted by Crippen LogP contribution is -2.56. The van der Waals surface area contributed by atoms with E-state index in [2.05, 4.69) is 50.6 Å². The molecular weight excluding hydrogens is 456 g/mol. The lowest BCUT2D eigenvalue weighted by atomic mass is 9.76. The Morgan fingerprint density at radius 1 is 1.11 bits per heavy atom. The maximum absolute atomic E-state index is 13.8. The first kappa shape index (κ1) is 23.1. The average Bonchev–Trinajstić information content (AvgIpc) is 3.64. The van der Waals surface area contributed by atoms with Gasteiger partial charge in [0.15, 0.2) is 0 Å². The summed E-state index contributed by atoms with van der Waals surface area (Å²) in [7, 11) is 4.25. The molecule has 2 saturated heterocycles. The van der Waals surface area contributed by atoms with Gasteiger partial charge in [0.1, 0.15) is 17.1 Å². The molecule has 0 radical (unpaired) electrons. The number of aromatic nitrogens is 3. The molecule has 190 valence electrons. The van der Waals surface area contributed by atoms with Crippen LogP contribution in [0.4, 0.5) is 23.3 Å². The second-order valence-corrected chi connectivity index (χ2v) is 10.8. The number of rotatable bonds is 5. The molecule has 0 unspecified atom stereocenters. The summed E-state index contributed by atoms with van der Waals surface area (Å²) >= 11 is 0. The van der Waals surface area contributed by atoms with Crippen molar-refractivity contribution in [2.75, 3.05) is 48.8 Å². The van der Waals surface area contributed by atoms with Gasteiger partial charge < -0.3 is 20.4 Å². The van der Waals surface area contributed by atoms with Crippen LogP contribution in [0.2, 0.25) is 0 Å². The molecule has 36 heavy (non-hydrogen) atoms. The Bertz CT molecular complexity index is 1160. The Balaban J connectivity index is 1.24. The fourth-order valence-electron chi connectivity index (χ4n) is 6.22. The highest BCUT2D eigenvalue weighted by atomic mass is 16.2. The number of fused-ring (bicyclic) bond motifs is 1. The zero-order chi connectivity index (χ0) is 24.9. The summed E-state index contributed by atoms with van der Waals surface area (Å²) in [5.74, 6) is 1.43. The number of anilines is 4. The van der Waals surface area contributed by atoms with Gasteiger partial charge in [0.25, 0.3) is 0 Å². The van der Waals surface area contributed by atoms with E-state index in [1.54, 1.807) is 6.20 Å². The highest BCUT2D eigenvalue weighted by Crippen LogP contribution is 2.44. The molecule has 1 spiro atoms. The van der Waals surface area contributed by atoms with E-state index in [0.29, 0.717) is 43.0 Å². The highest BCUT2D eigenvalue weighted by Gasteiger charge is 2.56. The van der Waals surface area contributed by atoms with Crippen molar-refractivity contribution in [2.24, 2.45) is 5.41 Å². The topological polar surface area (TPSA) is 107 Å². The van der Waals surface area contributed by atoms with Crippen LogP contribution in [0.5, 0.6) is 0 Å². The molecule has 2 aromatic heterocycles. The highest BCUT2D eigenvalue weighted by molar-refractivity contribution is 6.14. The van der Waals surface area contributed by atoms with Crippen LogP contribution in [0.15, 0.2) is 24.5 Å². The van der Waals surface area contributed by atoms with Crippen LogP contribution >= 0.6 is 0 Å². The number of nitrogens with one attached hydrogen (secondary N) is 2. The second kappa shape index (κ2) is 8.99. The van der Waals surface area contributed by atoms with Gasteiger partial charge in [-0.1, -0.05) is 12.8 Å². The fraction of sp³-hybridized carbons (Fsp3) is 0.577. The first-order valence-corrected chi connectivity index (χ1v) is 13.1. The van der Waals surface area contributed by atoms with E-state index in [4.69, 9.17) is 4.98 Å². The molecule has 0 aromatic carbocycles. The molecule has 2 amide bonds. The van der Waals surface area contributed by atoms with Crippen LogP contribution in [0, 0.1) is 5.41 Å². The Hall–Kier alpha value is -3.27. The predicted molar refractivity (Wildman–Crippen MR) is 137 cm³/mol. The van der Waals surface area contributed by atoms with Crippen LogP contribution in [0.3, 0.4) is 0 Å². The molecule has 2 N–H and O–H groups in total. The SMILES string of the molecule is CN(C)[C@H]1CCN(c2ccc(Nc3ncc4c(n3)N(C3CCCC3)C(=O)[C@]3(CCNC3=O)C4)nc2)C1. The van der Waals surface area contributed by atoms with Crippen molar-refractivity contribution in [3.63, 3.8) is 0 Å². The molecule has 2 aromatic rings. The minimum absolute atomic E-state index is 0.0773. The van der Waals surface area contributed by atoms with Crippen molar-refractivity contribution in [1.82, 2.24) is 25.2 Å². The molecule has 1 aliphatic carbocycles. The monoisotopic (exact) mass is 490 g/mol. The smallest absolute Gasteiger partial charge is 0.244 e. The summed E-state index contributed by atoms with van der Waals surface area (Å²) < 4.78 is 0. The number of carbonyl (C=O) groups is 2. The summed E-state index contributed by atoms with van der Waals surface area (Å²) in [6.45, 7) is 2.56. The number of hydrogen-bond donors (Lipinski definition) is 2. The van der Waals surface area contributed by atoms with E-state index in [0.717, 1.165) is 56.4 Å². The van der Waals surface area contributed by atoms with Crippen LogP contribution in [0.1, 0.15) is 44.1 Å². The van der Waals surface area contributed by atoms with Gasteiger partial charge in [-0.05, 0) is 51.9 Å². The van der Waals surface area contributed by atoms with Gasteiger partial charge in [-0.25, -0.2) is 9.97 Å². The molecular formula is C26H34N8O2. The summed E-state index contributed by atoms with van der Waals surface area (Å²) in [6.07, 6.45) is 9.72. The van der Waals surface area contributed by atoms with Crippen LogP contribution in [0.25, 0.3) is 0 Å². The molecule has 10 nitrogen and oxygen atoms in total. The first-order valence-electron chi connectivity index (χ1n) is 13.1. The van der Waals surface area contributed by atoms with E-state index in [1.165, 1.54) is 0 Å². The molecule has 1 saturated carbocycles. The third-order valence-electron chi connectivity index (χ3n) is 8.40.